The van der Waals surface area contributed by atoms with Gasteiger partial charge in [0.15, 0.2) is 0 Å². The van der Waals surface area contributed by atoms with E-state index in [1.54, 1.807) is 50.3 Å². The highest BCUT2D eigenvalue weighted by molar-refractivity contribution is 7.89. The quantitative estimate of drug-likeness (QED) is 0.304. The van der Waals surface area contributed by atoms with Gasteiger partial charge < -0.3 is 14.8 Å². The molecule has 14 heteroatoms. The summed E-state index contributed by atoms with van der Waals surface area (Å²) in [6.45, 7) is 7.88. The number of carbonyl (C=O) groups excluding carboxylic acids is 3. The van der Waals surface area contributed by atoms with Gasteiger partial charge in [-0.3, -0.25) is 9.59 Å². The van der Waals surface area contributed by atoms with Gasteiger partial charge in [-0.25, -0.2) is 31.1 Å². The van der Waals surface area contributed by atoms with Crippen LogP contribution in [0.3, 0.4) is 0 Å². The van der Waals surface area contributed by atoms with Crippen LogP contribution in [0.25, 0.3) is 0 Å². The molecule has 2 aromatic rings. The van der Waals surface area contributed by atoms with Crippen molar-refractivity contribution >= 4 is 37.9 Å². The number of cyclic esters (lactones) is 2. The lowest BCUT2D eigenvalue weighted by Crippen LogP contribution is -2.45. The van der Waals surface area contributed by atoms with Crippen molar-refractivity contribution in [2.45, 2.75) is 75.4 Å². The fourth-order valence-corrected chi connectivity index (χ4v) is 7.11. The number of hydrogen-bond donors (Lipinski definition) is 3. The van der Waals surface area contributed by atoms with Crippen LogP contribution in [0.4, 0.5) is 0 Å². The molecular weight excluding hydrogens is 647 g/mol. The summed E-state index contributed by atoms with van der Waals surface area (Å²) < 4.78 is 68.6. The third kappa shape index (κ3) is 11.7. The lowest BCUT2D eigenvalue weighted by molar-refractivity contribution is -0.148. The molecule has 0 fully saturated rings. The topological polar surface area (TPSA) is 174 Å². The van der Waals surface area contributed by atoms with Gasteiger partial charge >= 0.3 is 11.9 Å². The van der Waals surface area contributed by atoms with Crippen molar-refractivity contribution < 1.29 is 40.7 Å². The number of esters is 2. The van der Waals surface area contributed by atoms with E-state index in [-0.39, 0.29) is 35.8 Å². The van der Waals surface area contributed by atoms with Crippen LogP contribution in [0, 0.1) is 25.7 Å². The van der Waals surface area contributed by atoms with Gasteiger partial charge in [0, 0.05) is 6.42 Å². The average molecular weight is 690 g/mol. The predicted octanol–water partition coefficient (Wildman–Crippen LogP) is 3.07. The zero-order valence-corrected chi connectivity index (χ0v) is 28.8. The van der Waals surface area contributed by atoms with Gasteiger partial charge in [0.2, 0.25) is 26.0 Å². The fraction of sp³-hybridized carbons (Fsp3) is 0.424. The molecule has 0 aromatic heterocycles. The Morgan fingerprint density at radius 1 is 0.660 bits per heavy atom. The standard InChI is InChI=1S/C33H43N3O9S2/c1-22-12-16-27(17-13-22)46(40,41)35-29-20-44-32(38)11-7-9-25(4)30(36-47(42,43)28-18-14-23(2)15-19-28)21-45-33(39)26(5)34-31(37)10-6-8-24(29)3/h6-9,12-19,24-26,29-30,35-36H,10-11,20-21H2,1-5H3,(H,34,37)/b8-6+,9-7+/t24-,25-,26+,29-,30-/m1/s1. The third-order valence-corrected chi connectivity index (χ3v) is 10.6. The van der Waals surface area contributed by atoms with Gasteiger partial charge in [-0.2, -0.15) is 0 Å². The first-order valence-corrected chi connectivity index (χ1v) is 18.2. The van der Waals surface area contributed by atoms with Crippen molar-refractivity contribution in [2.24, 2.45) is 11.8 Å². The predicted molar refractivity (Wildman–Crippen MR) is 176 cm³/mol. The molecule has 1 heterocycles. The van der Waals surface area contributed by atoms with E-state index in [1.165, 1.54) is 43.3 Å². The number of benzene rings is 2. The molecule has 3 N–H and O–H groups in total. The van der Waals surface area contributed by atoms with Crippen LogP contribution >= 0.6 is 0 Å². The number of nitrogens with one attached hydrogen (secondary N) is 3. The van der Waals surface area contributed by atoms with E-state index < -0.39 is 67.9 Å². The lowest BCUT2D eigenvalue weighted by Gasteiger charge is -2.24. The lowest BCUT2D eigenvalue weighted by atomic mass is 10.0. The fourth-order valence-electron chi connectivity index (χ4n) is 4.49. The Labute approximate surface area is 277 Å². The zero-order valence-electron chi connectivity index (χ0n) is 27.1. The van der Waals surface area contributed by atoms with Crippen molar-refractivity contribution in [3.05, 3.63) is 84.0 Å². The molecule has 0 saturated carbocycles. The third-order valence-electron chi connectivity index (χ3n) is 7.57. The van der Waals surface area contributed by atoms with E-state index in [2.05, 4.69) is 14.8 Å². The monoisotopic (exact) mass is 689 g/mol. The molecule has 12 nitrogen and oxygen atoms in total. The molecule has 5 atom stereocenters. The van der Waals surface area contributed by atoms with Crippen LogP contribution < -0.4 is 14.8 Å². The summed E-state index contributed by atoms with van der Waals surface area (Å²) in [5.74, 6) is -2.96. The van der Waals surface area contributed by atoms with Gasteiger partial charge in [0.25, 0.3) is 0 Å². The molecule has 3 rings (SSSR count). The first kappa shape index (κ1) is 37.6. The number of ether oxygens (including phenoxy) is 2. The Kier molecular flexibility index (Phi) is 13.5. The van der Waals surface area contributed by atoms with E-state index in [9.17, 15) is 31.2 Å². The maximum Gasteiger partial charge on any atom is 0.328 e. The summed E-state index contributed by atoms with van der Waals surface area (Å²) in [6, 6.07) is 9.72. The number of hydrogen-bond acceptors (Lipinski definition) is 9. The minimum absolute atomic E-state index is 0.0279. The Morgan fingerprint density at radius 2 is 1.09 bits per heavy atom. The molecule has 0 radical (unpaired) electrons. The van der Waals surface area contributed by atoms with Crippen LogP contribution in [-0.2, 0) is 43.9 Å². The molecule has 0 saturated heterocycles. The summed E-state index contributed by atoms with van der Waals surface area (Å²) in [5, 5.41) is 2.55. The zero-order chi connectivity index (χ0) is 34.8. The largest absolute Gasteiger partial charge is 0.464 e. The van der Waals surface area contributed by atoms with E-state index in [4.69, 9.17) is 9.47 Å². The molecule has 47 heavy (non-hydrogen) atoms. The van der Waals surface area contributed by atoms with E-state index >= 15 is 0 Å². The smallest absolute Gasteiger partial charge is 0.328 e. The molecule has 1 amide bonds. The number of rotatable bonds is 6. The van der Waals surface area contributed by atoms with Crippen LogP contribution in [0.5, 0.6) is 0 Å². The minimum Gasteiger partial charge on any atom is -0.464 e. The maximum absolute atomic E-state index is 13.2. The van der Waals surface area contributed by atoms with Gasteiger partial charge in [-0.05, 0) is 56.9 Å². The van der Waals surface area contributed by atoms with Crippen molar-refractivity contribution in [3.63, 3.8) is 0 Å². The Bertz CT molecular complexity index is 1670. The van der Waals surface area contributed by atoms with Gasteiger partial charge in [0.05, 0.1) is 28.3 Å². The average Bonchev–Trinajstić information content (AvgIpc) is 3.00. The molecule has 1 aliphatic heterocycles. The molecule has 0 unspecified atom stereocenters. The number of carbonyl (C=O) groups is 3. The molecule has 2 aromatic carbocycles. The summed E-state index contributed by atoms with van der Waals surface area (Å²) >= 11 is 0. The summed E-state index contributed by atoms with van der Waals surface area (Å²) in [4.78, 5) is 38.1. The molecule has 256 valence electrons. The van der Waals surface area contributed by atoms with Gasteiger partial charge in [-0.15, -0.1) is 0 Å². The molecule has 0 bridgehead atoms. The van der Waals surface area contributed by atoms with Gasteiger partial charge in [0.1, 0.15) is 19.3 Å². The molecule has 0 spiro atoms. The van der Waals surface area contributed by atoms with Crippen molar-refractivity contribution in [2.75, 3.05) is 13.2 Å². The molecular formula is C33H43N3O9S2. The second-order valence-electron chi connectivity index (χ2n) is 11.7. The summed E-state index contributed by atoms with van der Waals surface area (Å²) in [7, 11) is -7.99. The van der Waals surface area contributed by atoms with Crippen molar-refractivity contribution in [3.8, 4) is 0 Å². The second-order valence-corrected chi connectivity index (χ2v) is 15.1. The normalized spacial score (nSPS) is 25.6. The SMILES string of the molecule is Cc1ccc(S(=O)(=O)N[C@@H]2COC(=O)C/C=C/[C@@H](C)[C@H](NS(=O)(=O)c3ccc(C)cc3)COC(=O)[C@H](C)NC(=O)C/C=C/[C@H]2C)cc1. The van der Waals surface area contributed by atoms with Crippen molar-refractivity contribution in [1.29, 1.82) is 0 Å². The van der Waals surface area contributed by atoms with Crippen LogP contribution in [0.1, 0.15) is 44.7 Å². The minimum atomic E-state index is -4.01. The number of aryl methyl sites for hydroxylation is 2. The molecule has 1 aliphatic rings. The van der Waals surface area contributed by atoms with Gasteiger partial charge in [-0.1, -0.05) is 73.5 Å². The maximum atomic E-state index is 13.2. The highest BCUT2D eigenvalue weighted by Crippen LogP contribution is 2.17. The summed E-state index contributed by atoms with van der Waals surface area (Å²) in [5.41, 5.74) is 1.77. The van der Waals surface area contributed by atoms with Crippen molar-refractivity contribution in [1.82, 2.24) is 14.8 Å². The first-order chi connectivity index (χ1) is 22.1. The van der Waals surface area contributed by atoms with Crippen LogP contribution in [0.15, 0.2) is 82.6 Å². The summed E-state index contributed by atoms with van der Waals surface area (Å²) in [6.07, 6.45) is 5.95. The number of amides is 1. The highest BCUT2D eigenvalue weighted by atomic mass is 32.2. The molecule has 0 aliphatic carbocycles. The Morgan fingerprint density at radius 3 is 1.55 bits per heavy atom. The van der Waals surface area contributed by atoms with Crippen LogP contribution in [0.2, 0.25) is 0 Å². The number of sulfonamides is 2. The van der Waals surface area contributed by atoms with E-state index in [0.717, 1.165) is 11.1 Å². The second kappa shape index (κ2) is 16.8. The first-order valence-electron chi connectivity index (χ1n) is 15.2. The van der Waals surface area contributed by atoms with Crippen LogP contribution in [-0.4, -0.2) is 66.0 Å². The Balaban J connectivity index is 1.84. The highest BCUT2D eigenvalue weighted by Gasteiger charge is 2.28. The van der Waals surface area contributed by atoms with E-state index in [0.29, 0.717) is 0 Å². The van der Waals surface area contributed by atoms with E-state index in [1.807, 2.05) is 13.8 Å². The Hall–Kier alpha value is -3.85.